The Kier molecular flexibility index (Phi) is 5.81. The number of hydrogen-bond donors (Lipinski definition) is 1. The van der Waals surface area contributed by atoms with Crippen LogP contribution < -0.4 is 14.4 Å². The monoisotopic (exact) mass is 462 g/mol. The Morgan fingerprint density at radius 1 is 0.939 bits per heavy atom. The normalized spacial score (nSPS) is 17.2. The number of hydrogen-bond acceptors (Lipinski definition) is 4. The largest absolute Gasteiger partial charge is 0.484 e. The van der Waals surface area contributed by atoms with E-state index in [4.69, 9.17) is 4.74 Å². The summed E-state index contributed by atoms with van der Waals surface area (Å²) < 4.78 is 33.3. The summed E-state index contributed by atoms with van der Waals surface area (Å²) in [4.78, 5) is 12.7. The molecular weight excluding hydrogens is 436 g/mol. The lowest BCUT2D eigenvalue weighted by Gasteiger charge is -2.26. The molecule has 0 aromatic heterocycles. The molecule has 0 spiro atoms. The first-order valence-electron chi connectivity index (χ1n) is 11.2. The molecule has 33 heavy (non-hydrogen) atoms. The van der Waals surface area contributed by atoms with E-state index in [2.05, 4.69) is 17.4 Å². The molecule has 3 aromatic carbocycles. The standard InChI is InChI=1S/C26H26N2O4S/c29-26(27-24-10-5-8-19-6-1-3-9-23(19)24)18-32-21-12-14-22(15-13-21)33(30,31)28-17-16-20-7-2-4-11-25(20)28/h1-4,6-7,9,11-15,24H,5,8,10,16-18H2,(H,27,29). The number of carbonyl (C=O) groups is 1. The van der Waals surface area contributed by atoms with Crippen molar-refractivity contribution < 1.29 is 17.9 Å². The molecule has 1 amide bonds. The van der Waals surface area contributed by atoms with Gasteiger partial charge in [0.25, 0.3) is 15.9 Å². The minimum atomic E-state index is -3.65. The molecule has 1 aliphatic heterocycles. The smallest absolute Gasteiger partial charge is 0.264 e. The molecule has 1 atom stereocenters. The van der Waals surface area contributed by atoms with Crippen LogP contribution >= 0.6 is 0 Å². The molecule has 6 nitrogen and oxygen atoms in total. The summed E-state index contributed by atoms with van der Waals surface area (Å²) >= 11 is 0. The molecule has 3 aromatic rings. The first-order chi connectivity index (χ1) is 16.0. The quantitative estimate of drug-likeness (QED) is 0.601. The molecule has 5 rings (SSSR count). The van der Waals surface area contributed by atoms with Crippen LogP contribution in [0.1, 0.15) is 35.6 Å². The van der Waals surface area contributed by atoms with Gasteiger partial charge in [-0.25, -0.2) is 8.42 Å². The minimum absolute atomic E-state index is 0.00177. The third kappa shape index (κ3) is 4.33. The number of benzene rings is 3. The zero-order valence-corrected chi connectivity index (χ0v) is 19.1. The van der Waals surface area contributed by atoms with Gasteiger partial charge in [0.05, 0.1) is 16.6 Å². The highest BCUT2D eigenvalue weighted by Gasteiger charge is 2.30. The number of amides is 1. The first kappa shape index (κ1) is 21.5. The molecular formula is C26H26N2O4S. The van der Waals surface area contributed by atoms with Gasteiger partial charge in [-0.3, -0.25) is 9.10 Å². The summed E-state index contributed by atoms with van der Waals surface area (Å²) in [5.74, 6) is 0.261. The zero-order valence-electron chi connectivity index (χ0n) is 18.2. The van der Waals surface area contributed by atoms with E-state index in [0.29, 0.717) is 18.7 Å². The number of sulfonamides is 1. The summed E-state index contributed by atoms with van der Waals surface area (Å²) in [6.07, 6.45) is 3.70. The molecule has 1 heterocycles. The Morgan fingerprint density at radius 2 is 1.67 bits per heavy atom. The fourth-order valence-corrected chi connectivity index (χ4v) is 6.18. The van der Waals surface area contributed by atoms with Crippen molar-refractivity contribution in [2.45, 2.75) is 36.6 Å². The van der Waals surface area contributed by atoms with Crippen LogP contribution in [-0.2, 0) is 27.7 Å². The predicted octanol–water partition coefficient (Wildman–Crippen LogP) is 4.01. The maximum absolute atomic E-state index is 13.1. The average molecular weight is 463 g/mol. The number of fused-ring (bicyclic) bond motifs is 2. The van der Waals surface area contributed by atoms with Crippen molar-refractivity contribution in [3.8, 4) is 5.75 Å². The van der Waals surface area contributed by atoms with Gasteiger partial charge >= 0.3 is 0 Å². The number of anilines is 1. The van der Waals surface area contributed by atoms with Crippen LogP contribution in [0.15, 0.2) is 77.7 Å². The van der Waals surface area contributed by atoms with Gasteiger partial charge in [-0.05, 0) is 72.7 Å². The van der Waals surface area contributed by atoms with Crippen molar-refractivity contribution in [1.82, 2.24) is 5.32 Å². The van der Waals surface area contributed by atoms with Gasteiger partial charge in [0.1, 0.15) is 5.75 Å². The number of nitrogens with one attached hydrogen (secondary N) is 1. The summed E-state index contributed by atoms with van der Waals surface area (Å²) in [7, 11) is -3.65. The second-order valence-corrected chi connectivity index (χ2v) is 10.3. The van der Waals surface area contributed by atoms with Crippen LogP contribution in [0.4, 0.5) is 5.69 Å². The van der Waals surface area contributed by atoms with Gasteiger partial charge < -0.3 is 10.1 Å². The molecule has 1 N–H and O–H groups in total. The molecule has 170 valence electrons. The Labute approximate surface area is 194 Å². The number of carbonyl (C=O) groups excluding carboxylic acids is 1. The van der Waals surface area contributed by atoms with Gasteiger partial charge in [0.15, 0.2) is 6.61 Å². The highest BCUT2D eigenvalue weighted by atomic mass is 32.2. The molecule has 0 saturated carbocycles. The first-order valence-corrected chi connectivity index (χ1v) is 12.7. The molecule has 1 unspecified atom stereocenters. The lowest BCUT2D eigenvalue weighted by molar-refractivity contribution is -0.124. The number of nitrogens with zero attached hydrogens (tertiary/aromatic N) is 1. The van der Waals surface area contributed by atoms with Crippen molar-refractivity contribution in [3.63, 3.8) is 0 Å². The summed E-state index contributed by atoms with van der Waals surface area (Å²) in [5.41, 5.74) is 4.23. The molecule has 0 fully saturated rings. The van der Waals surface area contributed by atoms with E-state index in [1.807, 2.05) is 36.4 Å². The minimum Gasteiger partial charge on any atom is -0.484 e. The number of ether oxygens (including phenoxy) is 1. The van der Waals surface area contributed by atoms with E-state index in [1.54, 1.807) is 12.1 Å². The summed E-state index contributed by atoms with van der Waals surface area (Å²) in [6, 6.07) is 22.0. The maximum Gasteiger partial charge on any atom is 0.264 e. The van der Waals surface area contributed by atoms with E-state index in [-0.39, 0.29) is 23.5 Å². The van der Waals surface area contributed by atoms with Gasteiger partial charge in [0.2, 0.25) is 0 Å². The Morgan fingerprint density at radius 3 is 2.48 bits per heavy atom. The summed E-state index contributed by atoms with van der Waals surface area (Å²) in [5, 5.41) is 3.06. The van der Waals surface area contributed by atoms with Crippen LogP contribution in [-0.4, -0.2) is 27.5 Å². The van der Waals surface area contributed by atoms with Gasteiger partial charge in [0, 0.05) is 6.54 Å². The molecule has 2 aliphatic rings. The Balaban J connectivity index is 1.21. The van der Waals surface area contributed by atoms with Crippen LogP contribution in [0.2, 0.25) is 0 Å². The number of aryl methyl sites for hydroxylation is 1. The Bertz CT molecular complexity index is 1270. The van der Waals surface area contributed by atoms with E-state index < -0.39 is 10.0 Å². The van der Waals surface area contributed by atoms with E-state index in [0.717, 1.165) is 30.5 Å². The molecule has 0 radical (unpaired) electrons. The second kappa shape index (κ2) is 8.90. The van der Waals surface area contributed by atoms with Crippen LogP contribution in [0.5, 0.6) is 5.75 Å². The van der Waals surface area contributed by atoms with Crippen molar-refractivity contribution in [2.24, 2.45) is 0 Å². The maximum atomic E-state index is 13.1. The van der Waals surface area contributed by atoms with Gasteiger partial charge in [-0.1, -0.05) is 42.5 Å². The zero-order chi connectivity index (χ0) is 22.8. The highest BCUT2D eigenvalue weighted by molar-refractivity contribution is 7.92. The van der Waals surface area contributed by atoms with Crippen molar-refractivity contribution in [2.75, 3.05) is 17.5 Å². The van der Waals surface area contributed by atoms with Crippen LogP contribution in [0.25, 0.3) is 0 Å². The third-order valence-corrected chi connectivity index (χ3v) is 8.16. The molecule has 1 aliphatic carbocycles. The van der Waals surface area contributed by atoms with E-state index >= 15 is 0 Å². The lowest BCUT2D eigenvalue weighted by Crippen LogP contribution is -2.34. The van der Waals surface area contributed by atoms with Gasteiger partial charge in [-0.15, -0.1) is 0 Å². The third-order valence-electron chi connectivity index (χ3n) is 6.33. The SMILES string of the molecule is O=C(COc1ccc(S(=O)(=O)N2CCc3ccccc32)cc1)NC1CCCc2ccccc21. The number of rotatable bonds is 6. The lowest BCUT2D eigenvalue weighted by atomic mass is 9.88. The van der Waals surface area contributed by atoms with E-state index in [1.165, 1.54) is 27.6 Å². The van der Waals surface area contributed by atoms with Crippen LogP contribution in [0.3, 0.4) is 0 Å². The van der Waals surface area contributed by atoms with Crippen molar-refractivity contribution in [1.29, 1.82) is 0 Å². The second-order valence-electron chi connectivity index (χ2n) is 8.43. The topological polar surface area (TPSA) is 75.7 Å². The molecule has 7 heteroatoms. The fourth-order valence-electron chi connectivity index (χ4n) is 4.68. The average Bonchev–Trinajstić information content (AvgIpc) is 3.28. The van der Waals surface area contributed by atoms with E-state index in [9.17, 15) is 13.2 Å². The van der Waals surface area contributed by atoms with Crippen molar-refractivity contribution in [3.05, 3.63) is 89.5 Å². The highest BCUT2D eigenvalue weighted by Crippen LogP contribution is 2.33. The van der Waals surface area contributed by atoms with Crippen molar-refractivity contribution >= 4 is 21.6 Å². The predicted molar refractivity (Wildman–Crippen MR) is 127 cm³/mol. The van der Waals surface area contributed by atoms with Crippen LogP contribution in [0, 0.1) is 0 Å². The Hall–Kier alpha value is -3.32. The van der Waals surface area contributed by atoms with Gasteiger partial charge in [-0.2, -0.15) is 0 Å². The number of para-hydroxylation sites is 1. The molecule has 0 bridgehead atoms. The summed E-state index contributed by atoms with van der Waals surface area (Å²) in [6.45, 7) is 0.314. The fraction of sp³-hybridized carbons (Fsp3) is 0.269. The molecule has 0 saturated heterocycles.